The Kier molecular flexibility index (Phi) is 6.95. The van der Waals surface area contributed by atoms with Gasteiger partial charge in [0.05, 0.1) is 36.6 Å². The number of halogens is 3. The molecule has 204 valence electrons. The first kappa shape index (κ1) is 26.0. The van der Waals surface area contributed by atoms with Gasteiger partial charge in [0.1, 0.15) is 12.2 Å². The van der Waals surface area contributed by atoms with Crippen LogP contribution < -0.4 is 10.6 Å². The molecule has 2 aliphatic rings. The molecule has 4 aromatic rings. The summed E-state index contributed by atoms with van der Waals surface area (Å²) in [5.41, 5.74) is 3.29. The molecular formula is C30H25F3N4O3. The van der Waals surface area contributed by atoms with Crippen LogP contribution in [0, 0.1) is 0 Å². The number of hydrogen-bond donors (Lipinski definition) is 2. The van der Waals surface area contributed by atoms with Gasteiger partial charge in [0, 0.05) is 17.3 Å². The average molecular weight is 547 g/mol. The second-order valence-corrected chi connectivity index (χ2v) is 9.71. The molecule has 6 rings (SSSR count). The van der Waals surface area contributed by atoms with Crippen LogP contribution in [0.3, 0.4) is 0 Å². The van der Waals surface area contributed by atoms with Gasteiger partial charge in [-0.25, -0.2) is 9.97 Å². The first-order chi connectivity index (χ1) is 19.3. The molecule has 1 aromatic heterocycles. The molecule has 4 atom stereocenters. The minimum atomic E-state index is -4.46. The van der Waals surface area contributed by atoms with Gasteiger partial charge in [-0.1, -0.05) is 54.6 Å². The molecule has 0 aliphatic carbocycles. The molecule has 0 spiro atoms. The van der Waals surface area contributed by atoms with Crippen molar-refractivity contribution in [3.05, 3.63) is 102 Å². The molecular weight excluding hydrogens is 521 g/mol. The van der Waals surface area contributed by atoms with E-state index in [0.717, 1.165) is 46.6 Å². The fourth-order valence-corrected chi connectivity index (χ4v) is 5.03. The van der Waals surface area contributed by atoms with E-state index in [1.165, 1.54) is 0 Å². The summed E-state index contributed by atoms with van der Waals surface area (Å²) in [6, 6.07) is 23.5. The van der Waals surface area contributed by atoms with Crippen LogP contribution in [-0.4, -0.2) is 53.4 Å². The van der Waals surface area contributed by atoms with Gasteiger partial charge in [-0.15, -0.1) is 0 Å². The third kappa shape index (κ3) is 5.41. The second kappa shape index (κ2) is 10.7. The maximum Gasteiger partial charge on any atom is 0.416 e. The van der Waals surface area contributed by atoms with Crippen LogP contribution in [0.25, 0.3) is 22.4 Å². The van der Waals surface area contributed by atoms with Crippen molar-refractivity contribution < 1.29 is 27.4 Å². The van der Waals surface area contributed by atoms with Crippen molar-refractivity contribution in [3.63, 3.8) is 0 Å². The summed E-state index contributed by atoms with van der Waals surface area (Å²) in [4.78, 5) is 21.7. The number of fused-ring (bicyclic) bond motifs is 1. The highest BCUT2D eigenvalue weighted by Crippen LogP contribution is 2.31. The van der Waals surface area contributed by atoms with E-state index in [-0.39, 0.29) is 24.3 Å². The van der Waals surface area contributed by atoms with Gasteiger partial charge in [-0.3, -0.25) is 4.79 Å². The van der Waals surface area contributed by atoms with E-state index >= 15 is 0 Å². The van der Waals surface area contributed by atoms with Crippen molar-refractivity contribution >= 4 is 11.9 Å². The first-order valence-electron chi connectivity index (χ1n) is 12.8. The molecule has 0 radical (unpaired) electrons. The number of carbonyl (C=O) groups excluding carboxylic acids is 1. The zero-order chi connectivity index (χ0) is 27.7. The molecule has 10 heteroatoms. The van der Waals surface area contributed by atoms with Crippen LogP contribution in [-0.2, 0) is 15.7 Å². The second-order valence-electron chi connectivity index (χ2n) is 9.71. The van der Waals surface area contributed by atoms with Gasteiger partial charge >= 0.3 is 6.18 Å². The van der Waals surface area contributed by atoms with E-state index in [1.54, 1.807) is 6.20 Å². The highest BCUT2D eigenvalue weighted by Gasteiger charge is 2.48. The highest BCUT2D eigenvalue weighted by molar-refractivity contribution is 5.94. The molecule has 40 heavy (non-hydrogen) atoms. The number of alkyl halides is 3. The largest absolute Gasteiger partial charge is 0.416 e. The molecule has 2 aliphatic heterocycles. The molecule has 2 fully saturated rings. The maximum atomic E-state index is 12.8. The summed E-state index contributed by atoms with van der Waals surface area (Å²) in [7, 11) is 0. The van der Waals surface area contributed by atoms with Gasteiger partial charge in [-0.05, 0) is 41.5 Å². The summed E-state index contributed by atoms with van der Waals surface area (Å²) < 4.78 is 50.3. The van der Waals surface area contributed by atoms with E-state index in [1.807, 2.05) is 36.4 Å². The van der Waals surface area contributed by atoms with Crippen LogP contribution in [0.15, 0.2) is 91.1 Å². The maximum absolute atomic E-state index is 12.8. The molecule has 2 saturated heterocycles. The van der Waals surface area contributed by atoms with Crippen molar-refractivity contribution in [3.8, 4) is 22.4 Å². The van der Waals surface area contributed by atoms with Crippen LogP contribution in [0.2, 0.25) is 0 Å². The number of nitrogens with zero attached hydrogens (tertiary/aromatic N) is 2. The summed E-state index contributed by atoms with van der Waals surface area (Å²) in [5.74, 6) is -0.0583. The zero-order valence-electron chi connectivity index (χ0n) is 21.1. The molecule has 3 aromatic carbocycles. The normalized spacial score (nSPS) is 22.1. The molecule has 1 amide bonds. The SMILES string of the molecule is O=C(N[C@H]1CO[C@H]2[C@@H]1OC[C@@H]2Nc1nccc(-c2ccc(-c3ccccc3)cc2)n1)c1ccc(C(F)(F)F)cc1. The molecule has 0 bridgehead atoms. The monoisotopic (exact) mass is 546 g/mol. The number of ether oxygens (including phenoxy) is 2. The number of rotatable bonds is 6. The lowest BCUT2D eigenvalue weighted by Crippen LogP contribution is -2.44. The van der Waals surface area contributed by atoms with Crippen molar-refractivity contribution in [1.29, 1.82) is 0 Å². The predicted octanol–water partition coefficient (Wildman–Crippen LogP) is 5.21. The van der Waals surface area contributed by atoms with Crippen molar-refractivity contribution in [2.75, 3.05) is 18.5 Å². The Morgan fingerprint density at radius 2 is 1.40 bits per heavy atom. The van der Waals surface area contributed by atoms with Gasteiger partial charge < -0.3 is 20.1 Å². The highest BCUT2D eigenvalue weighted by atomic mass is 19.4. The van der Waals surface area contributed by atoms with Gasteiger partial charge in [0.2, 0.25) is 5.95 Å². The molecule has 0 saturated carbocycles. The Hall–Kier alpha value is -4.28. The van der Waals surface area contributed by atoms with Crippen LogP contribution >= 0.6 is 0 Å². The number of carbonyl (C=O) groups is 1. The van der Waals surface area contributed by atoms with Crippen molar-refractivity contribution in [1.82, 2.24) is 15.3 Å². The quantitative estimate of drug-likeness (QED) is 0.346. The molecule has 0 unspecified atom stereocenters. The summed E-state index contributed by atoms with van der Waals surface area (Å²) in [5, 5.41) is 6.12. The van der Waals surface area contributed by atoms with Crippen molar-refractivity contribution in [2.24, 2.45) is 0 Å². The summed E-state index contributed by atoms with van der Waals surface area (Å²) >= 11 is 0. The predicted molar refractivity (Wildman–Crippen MR) is 142 cm³/mol. The standard InChI is InChI=1S/C30H25F3N4O3/c31-30(32,33)22-12-10-21(11-13-22)28(38)35-24-16-39-27-25(17-40-26(24)27)37-29-34-15-14-23(36-29)20-8-6-19(7-9-20)18-4-2-1-3-5-18/h1-15,24-27H,16-17H2,(H,35,38)(H,34,36,37)/t24-,25-,26+,27+/m0/s1. The van der Waals surface area contributed by atoms with Gasteiger partial charge in [0.25, 0.3) is 5.91 Å². The Balaban J connectivity index is 1.08. The Morgan fingerprint density at radius 1 is 0.775 bits per heavy atom. The fourth-order valence-electron chi connectivity index (χ4n) is 5.03. The Morgan fingerprint density at radius 3 is 2.10 bits per heavy atom. The van der Waals surface area contributed by atoms with Crippen LogP contribution in [0.5, 0.6) is 0 Å². The Labute approximate surface area is 228 Å². The van der Waals surface area contributed by atoms with Crippen LogP contribution in [0.4, 0.5) is 19.1 Å². The van der Waals surface area contributed by atoms with Gasteiger partial charge in [-0.2, -0.15) is 13.2 Å². The minimum absolute atomic E-state index is 0.131. The average Bonchev–Trinajstić information content (AvgIpc) is 3.56. The summed E-state index contributed by atoms with van der Waals surface area (Å²) in [6.07, 6.45) is -3.54. The molecule has 7 nitrogen and oxygen atoms in total. The number of hydrogen-bond acceptors (Lipinski definition) is 6. The van der Waals surface area contributed by atoms with Gasteiger partial charge in [0.15, 0.2) is 0 Å². The van der Waals surface area contributed by atoms with E-state index in [9.17, 15) is 18.0 Å². The number of nitrogens with one attached hydrogen (secondary N) is 2. The number of amides is 1. The Bertz CT molecular complexity index is 1480. The number of aromatic nitrogens is 2. The van der Waals surface area contributed by atoms with E-state index in [0.29, 0.717) is 12.6 Å². The van der Waals surface area contributed by atoms with Crippen molar-refractivity contribution in [2.45, 2.75) is 30.5 Å². The van der Waals surface area contributed by atoms with E-state index in [4.69, 9.17) is 9.47 Å². The smallest absolute Gasteiger partial charge is 0.371 e. The minimum Gasteiger partial charge on any atom is -0.371 e. The van der Waals surface area contributed by atoms with Crippen LogP contribution in [0.1, 0.15) is 15.9 Å². The third-order valence-corrected chi connectivity index (χ3v) is 7.10. The number of anilines is 1. The lowest BCUT2D eigenvalue weighted by atomic mass is 10.0. The summed E-state index contributed by atoms with van der Waals surface area (Å²) in [6.45, 7) is 0.538. The third-order valence-electron chi connectivity index (χ3n) is 7.10. The molecule has 3 heterocycles. The lowest BCUT2D eigenvalue weighted by Gasteiger charge is -2.18. The fraction of sp³-hybridized carbons (Fsp3) is 0.233. The van der Waals surface area contributed by atoms with E-state index in [2.05, 4.69) is 44.9 Å². The topological polar surface area (TPSA) is 85.4 Å². The molecule has 2 N–H and O–H groups in total. The zero-order valence-corrected chi connectivity index (χ0v) is 21.1. The first-order valence-corrected chi connectivity index (χ1v) is 12.8. The lowest BCUT2D eigenvalue weighted by molar-refractivity contribution is -0.137. The number of benzene rings is 3. The van der Waals surface area contributed by atoms with E-state index < -0.39 is 29.8 Å².